The Balaban J connectivity index is 1.19. The molecule has 1 aromatic carbocycles. The number of aromatic nitrogens is 4. The van der Waals surface area contributed by atoms with Gasteiger partial charge in [0, 0.05) is 37.5 Å². The van der Waals surface area contributed by atoms with Crippen LogP contribution in [0, 0.1) is 17.7 Å². The third-order valence-corrected chi connectivity index (χ3v) is 7.94. The Morgan fingerprint density at radius 3 is 2.65 bits per heavy atom. The van der Waals surface area contributed by atoms with E-state index in [1.54, 1.807) is 44.1 Å². The number of imidazole rings is 1. The molecule has 2 saturated carbocycles. The highest BCUT2D eigenvalue weighted by molar-refractivity contribution is 6.31. The summed E-state index contributed by atoms with van der Waals surface area (Å²) in [7, 11) is 1.77. The van der Waals surface area contributed by atoms with Crippen molar-refractivity contribution in [3.63, 3.8) is 0 Å². The first-order chi connectivity index (χ1) is 18.9. The number of fused-ring (bicyclic) bond motifs is 1. The Morgan fingerprint density at radius 2 is 1.98 bits per heavy atom. The van der Waals surface area contributed by atoms with Crippen molar-refractivity contribution < 1.29 is 24.1 Å². The molecule has 0 radical (unpaired) electrons. The van der Waals surface area contributed by atoms with Crippen molar-refractivity contribution >= 4 is 29.1 Å². The van der Waals surface area contributed by atoms with Crippen LogP contribution in [-0.4, -0.2) is 60.0 Å². The molecular weight excluding hydrogens is 539 g/mol. The van der Waals surface area contributed by atoms with Gasteiger partial charge in [0.1, 0.15) is 18.1 Å². The van der Waals surface area contributed by atoms with Crippen molar-refractivity contribution in [1.29, 1.82) is 0 Å². The van der Waals surface area contributed by atoms with Gasteiger partial charge in [-0.25, -0.2) is 14.4 Å². The number of aryl methyl sites for hydroxylation is 1. The number of nitrogens with one attached hydrogen (secondary N) is 2. The largest absolute Gasteiger partial charge is 0.475 e. The van der Waals surface area contributed by atoms with Gasteiger partial charge in [-0.2, -0.15) is 4.98 Å². The number of hydrogen-bond acceptors (Lipinski definition) is 8. The zero-order valence-electron chi connectivity index (χ0n) is 22.7. The Kier molecular flexibility index (Phi) is 7.73. The molecule has 2 aliphatic rings. The third-order valence-electron chi connectivity index (χ3n) is 7.65. The van der Waals surface area contributed by atoms with Gasteiger partial charge in [-0.05, 0) is 69.6 Å². The predicted molar refractivity (Wildman–Crippen MR) is 148 cm³/mol. The van der Waals surface area contributed by atoms with Gasteiger partial charge in [-0.1, -0.05) is 11.6 Å². The molecule has 10 nitrogen and oxygen atoms in total. The summed E-state index contributed by atoms with van der Waals surface area (Å²) in [5.74, 6) is 0.508. The summed E-state index contributed by atoms with van der Waals surface area (Å²) >= 11 is 5.87. The molecule has 0 spiro atoms. The van der Waals surface area contributed by atoms with E-state index < -0.39 is 17.0 Å². The highest BCUT2D eigenvalue weighted by Crippen LogP contribution is 2.54. The molecular formula is C28H34ClFN6O4. The number of benzene rings is 1. The fourth-order valence-electron chi connectivity index (χ4n) is 5.93. The SMILES string of the molecule is Cn1cnc(C2CC3CC(O)(CNc4nccc(OCC(C)(C)O)n4)CC3C2)c1C(=O)Nc1ccc(F)c(Cl)c1. The van der Waals surface area contributed by atoms with E-state index in [1.807, 2.05) is 0 Å². The normalized spacial score (nSPS) is 24.1. The van der Waals surface area contributed by atoms with E-state index in [0.717, 1.165) is 18.5 Å². The monoisotopic (exact) mass is 572 g/mol. The average Bonchev–Trinajstić information content (AvgIpc) is 3.54. The highest BCUT2D eigenvalue weighted by atomic mass is 35.5. The summed E-state index contributed by atoms with van der Waals surface area (Å²) < 4.78 is 20.8. The minimum Gasteiger partial charge on any atom is -0.475 e. The molecule has 2 aromatic heterocycles. The number of amides is 1. The lowest BCUT2D eigenvalue weighted by Crippen LogP contribution is -2.35. The van der Waals surface area contributed by atoms with E-state index in [0.29, 0.717) is 54.4 Å². The third kappa shape index (κ3) is 6.37. The smallest absolute Gasteiger partial charge is 0.274 e. The predicted octanol–water partition coefficient (Wildman–Crippen LogP) is 4.15. The Morgan fingerprint density at radius 1 is 1.25 bits per heavy atom. The molecule has 0 aliphatic heterocycles. The Labute approximate surface area is 237 Å². The maximum absolute atomic E-state index is 13.5. The molecule has 5 rings (SSSR count). The van der Waals surface area contributed by atoms with Gasteiger partial charge in [-0.15, -0.1) is 0 Å². The molecule has 1 amide bonds. The Bertz CT molecular complexity index is 1380. The minimum atomic E-state index is -0.982. The van der Waals surface area contributed by atoms with E-state index in [4.69, 9.17) is 16.3 Å². The van der Waals surface area contributed by atoms with Crippen LogP contribution in [0.25, 0.3) is 0 Å². The minimum absolute atomic E-state index is 0.0630. The van der Waals surface area contributed by atoms with Gasteiger partial charge < -0.3 is 30.2 Å². The molecule has 40 heavy (non-hydrogen) atoms. The van der Waals surface area contributed by atoms with Gasteiger partial charge in [0.05, 0.1) is 28.2 Å². The van der Waals surface area contributed by atoms with Crippen molar-refractivity contribution in [3.05, 3.63) is 59.0 Å². The van der Waals surface area contributed by atoms with Gasteiger partial charge in [0.2, 0.25) is 11.8 Å². The molecule has 0 bridgehead atoms. The summed E-state index contributed by atoms with van der Waals surface area (Å²) in [6.45, 7) is 3.70. The molecule has 12 heteroatoms. The summed E-state index contributed by atoms with van der Waals surface area (Å²) in [5, 5.41) is 27.1. The average molecular weight is 573 g/mol. The lowest BCUT2D eigenvalue weighted by Gasteiger charge is -2.25. The van der Waals surface area contributed by atoms with Crippen molar-refractivity contribution in [2.45, 2.75) is 56.7 Å². The van der Waals surface area contributed by atoms with Gasteiger partial charge >= 0.3 is 0 Å². The number of halogens is 2. The molecule has 4 N–H and O–H groups in total. The van der Waals surface area contributed by atoms with Crippen molar-refractivity contribution in [2.24, 2.45) is 18.9 Å². The van der Waals surface area contributed by atoms with Crippen LogP contribution in [-0.2, 0) is 7.05 Å². The molecule has 2 atom stereocenters. The summed E-state index contributed by atoms with van der Waals surface area (Å²) in [6, 6.07) is 5.68. The van der Waals surface area contributed by atoms with Crippen molar-refractivity contribution in [2.75, 3.05) is 23.8 Å². The molecule has 2 unspecified atom stereocenters. The molecule has 0 saturated heterocycles. The van der Waals surface area contributed by atoms with Crippen LogP contribution in [0.15, 0.2) is 36.8 Å². The fourth-order valence-corrected chi connectivity index (χ4v) is 6.11. The standard InChI is InChI=1S/C28H34ClFN6O4/c1-27(2,38)14-40-22-6-7-31-26(35-22)32-13-28(39)11-17-8-16(9-18(17)12-28)23-24(36(3)15-33-23)25(37)34-19-4-5-21(30)20(29)10-19/h4-7,10,15-18,38-39H,8-9,11-14H2,1-3H3,(H,34,37)(H,31,32,35). The van der Waals surface area contributed by atoms with E-state index in [9.17, 15) is 19.4 Å². The maximum Gasteiger partial charge on any atom is 0.274 e. The first-order valence-electron chi connectivity index (χ1n) is 13.3. The first-order valence-corrected chi connectivity index (χ1v) is 13.7. The zero-order chi connectivity index (χ0) is 28.7. The van der Waals surface area contributed by atoms with E-state index in [1.165, 1.54) is 18.2 Å². The van der Waals surface area contributed by atoms with E-state index in [-0.39, 0.29) is 23.5 Å². The molecule has 214 valence electrons. The maximum atomic E-state index is 13.5. The van der Waals surface area contributed by atoms with Crippen LogP contribution in [0.4, 0.5) is 16.0 Å². The van der Waals surface area contributed by atoms with Crippen LogP contribution >= 0.6 is 11.6 Å². The van der Waals surface area contributed by atoms with Crippen LogP contribution < -0.4 is 15.4 Å². The fraction of sp³-hybridized carbons (Fsp3) is 0.500. The van der Waals surface area contributed by atoms with Crippen LogP contribution in [0.3, 0.4) is 0 Å². The lowest BCUT2D eigenvalue weighted by molar-refractivity contribution is 0.0268. The molecule has 2 fully saturated rings. The second-order valence-corrected chi connectivity index (χ2v) is 12.1. The topological polar surface area (TPSA) is 134 Å². The number of ether oxygens (including phenoxy) is 1. The van der Waals surface area contributed by atoms with Crippen LogP contribution in [0.5, 0.6) is 5.88 Å². The summed E-state index contributed by atoms with van der Waals surface area (Å²) in [4.78, 5) is 26.3. The Hall–Kier alpha value is -3.28. The van der Waals surface area contributed by atoms with Gasteiger partial charge in [-0.3, -0.25) is 4.79 Å². The van der Waals surface area contributed by atoms with Crippen LogP contribution in [0.1, 0.15) is 61.6 Å². The second-order valence-electron chi connectivity index (χ2n) is 11.7. The number of nitrogens with zero attached hydrogens (tertiary/aromatic N) is 4. The number of anilines is 2. The lowest BCUT2D eigenvalue weighted by atomic mass is 9.92. The number of carbonyl (C=O) groups excluding carboxylic acids is 1. The molecule has 3 aromatic rings. The number of rotatable bonds is 9. The molecule has 2 heterocycles. The van der Waals surface area contributed by atoms with Gasteiger partial charge in [0.25, 0.3) is 5.91 Å². The number of carbonyl (C=O) groups is 1. The van der Waals surface area contributed by atoms with Gasteiger partial charge in [0.15, 0.2) is 0 Å². The van der Waals surface area contributed by atoms with Crippen LogP contribution in [0.2, 0.25) is 5.02 Å². The highest BCUT2D eigenvalue weighted by Gasteiger charge is 2.49. The first kappa shape index (κ1) is 28.3. The zero-order valence-corrected chi connectivity index (χ0v) is 23.5. The summed E-state index contributed by atoms with van der Waals surface area (Å²) in [6.07, 6.45) is 6.10. The number of aliphatic hydroxyl groups is 2. The molecule has 2 aliphatic carbocycles. The quantitative estimate of drug-likeness (QED) is 0.300. The van der Waals surface area contributed by atoms with E-state index >= 15 is 0 Å². The van der Waals surface area contributed by atoms with Crippen molar-refractivity contribution in [3.8, 4) is 5.88 Å². The second kappa shape index (κ2) is 10.9. The summed E-state index contributed by atoms with van der Waals surface area (Å²) in [5.41, 5.74) is -0.279. The number of hydrogen-bond donors (Lipinski definition) is 4. The van der Waals surface area contributed by atoms with Crippen molar-refractivity contribution in [1.82, 2.24) is 19.5 Å². The van der Waals surface area contributed by atoms with E-state index in [2.05, 4.69) is 25.6 Å².